The maximum absolute atomic E-state index is 5.57. The van der Waals surface area contributed by atoms with E-state index in [0.717, 1.165) is 25.7 Å². The zero-order chi connectivity index (χ0) is 14.3. The lowest BCUT2D eigenvalue weighted by atomic mass is 9.79. The number of hydrogen-bond acceptors (Lipinski definition) is 3. The van der Waals surface area contributed by atoms with Crippen LogP contribution < -0.4 is 5.32 Å². The van der Waals surface area contributed by atoms with Gasteiger partial charge in [0.15, 0.2) is 0 Å². The molecule has 0 aliphatic carbocycles. The normalized spacial score (nSPS) is 21.0. The fraction of sp³-hybridized carbons (Fsp3) is 1.00. The van der Waals surface area contributed by atoms with E-state index in [9.17, 15) is 0 Å². The smallest absolute Gasteiger partial charge is 0.0472 e. The molecule has 1 aliphatic rings. The van der Waals surface area contributed by atoms with E-state index in [1.54, 1.807) is 0 Å². The molecule has 1 heterocycles. The first kappa shape index (κ1) is 16.9. The van der Waals surface area contributed by atoms with Crippen molar-refractivity contribution >= 4 is 0 Å². The molecule has 0 spiro atoms. The van der Waals surface area contributed by atoms with Crippen LogP contribution in [0.15, 0.2) is 0 Å². The summed E-state index contributed by atoms with van der Waals surface area (Å²) in [5.41, 5.74) is 0.407. The van der Waals surface area contributed by atoms with Gasteiger partial charge < -0.3 is 15.0 Å². The van der Waals surface area contributed by atoms with Crippen molar-refractivity contribution in [1.29, 1.82) is 0 Å². The first-order valence-corrected chi connectivity index (χ1v) is 7.97. The molecule has 0 aromatic carbocycles. The highest BCUT2D eigenvalue weighted by Crippen LogP contribution is 2.31. The van der Waals surface area contributed by atoms with Crippen LogP contribution in [0.25, 0.3) is 0 Å². The van der Waals surface area contributed by atoms with Crippen LogP contribution in [0.4, 0.5) is 0 Å². The number of hydrogen-bond donors (Lipinski definition) is 1. The molecular weight excluding hydrogens is 236 g/mol. The van der Waals surface area contributed by atoms with Crippen molar-refractivity contribution < 1.29 is 4.74 Å². The van der Waals surface area contributed by atoms with E-state index in [-0.39, 0.29) is 0 Å². The number of ether oxygens (including phenoxy) is 1. The number of nitrogens with zero attached hydrogens (tertiary/aromatic N) is 1. The zero-order valence-corrected chi connectivity index (χ0v) is 13.7. The summed E-state index contributed by atoms with van der Waals surface area (Å²) >= 11 is 0. The predicted molar refractivity (Wildman–Crippen MR) is 82.6 cm³/mol. The Balaban J connectivity index is 2.52. The van der Waals surface area contributed by atoms with Crippen molar-refractivity contribution in [3.05, 3.63) is 0 Å². The highest BCUT2D eigenvalue weighted by molar-refractivity contribution is 4.87. The summed E-state index contributed by atoms with van der Waals surface area (Å²) in [6.45, 7) is 14.5. The lowest BCUT2D eigenvalue weighted by Gasteiger charge is -2.41. The SMILES string of the molecule is CCC(C)CN(C)CC1(CNC(C)C)CCOCC1. The monoisotopic (exact) mass is 270 g/mol. The molecule has 0 amide bonds. The van der Waals surface area contributed by atoms with Crippen LogP contribution in [0.5, 0.6) is 0 Å². The summed E-state index contributed by atoms with van der Waals surface area (Å²) in [4.78, 5) is 2.53. The molecule has 0 aromatic rings. The van der Waals surface area contributed by atoms with E-state index in [0.29, 0.717) is 11.5 Å². The van der Waals surface area contributed by atoms with E-state index in [1.807, 2.05) is 0 Å². The summed E-state index contributed by atoms with van der Waals surface area (Å²) in [5.74, 6) is 0.792. The second-order valence-electron chi connectivity index (χ2n) is 6.86. The molecule has 1 unspecified atom stereocenters. The van der Waals surface area contributed by atoms with E-state index < -0.39 is 0 Å². The first-order chi connectivity index (χ1) is 8.97. The van der Waals surface area contributed by atoms with Gasteiger partial charge in [-0.2, -0.15) is 0 Å². The van der Waals surface area contributed by atoms with Gasteiger partial charge in [0.25, 0.3) is 0 Å². The maximum atomic E-state index is 5.57. The fourth-order valence-corrected chi connectivity index (χ4v) is 2.91. The van der Waals surface area contributed by atoms with Crippen molar-refractivity contribution in [2.75, 3.05) is 39.9 Å². The van der Waals surface area contributed by atoms with E-state index in [2.05, 4.69) is 45.0 Å². The van der Waals surface area contributed by atoms with Gasteiger partial charge >= 0.3 is 0 Å². The Bertz CT molecular complexity index is 237. The molecule has 1 saturated heterocycles. The molecule has 0 bridgehead atoms. The number of nitrogens with one attached hydrogen (secondary N) is 1. The lowest BCUT2D eigenvalue weighted by molar-refractivity contribution is -0.00303. The van der Waals surface area contributed by atoms with E-state index in [1.165, 1.54) is 32.4 Å². The molecule has 1 N–H and O–H groups in total. The zero-order valence-electron chi connectivity index (χ0n) is 13.7. The van der Waals surface area contributed by atoms with Gasteiger partial charge in [0, 0.05) is 38.9 Å². The molecule has 1 atom stereocenters. The summed E-state index contributed by atoms with van der Waals surface area (Å²) in [5, 5.41) is 3.65. The highest BCUT2D eigenvalue weighted by atomic mass is 16.5. The number of rotatable bonds is 8. The molecule has 114 valence electrons. The summed E-state index contributed by atoms with van der Waals surface area (Å²) in [6, 6.07) is 0.569. The minimum Gasteiger partial charge on any atom is -0.381 e. The molecule has 3 heteroatoms. The Morgan fingerprint density at radius 3 is 2.37 bits per heavy atom. The van der Waals surface area contributed by atoms with Crippen molar-refractivity contribution in [1.82, 2.24) is 10.2 Å². The summed E-state index contributed by atoms with van der Waals surface area (Å²) in [6.07, 6.45) is 3.65. The molecule has 1 rings (SSSR count). The fourth-order valence-electron chi connectivity index (χ4n) is 2.91. The maximum Gasteiger partial charge on any atom is 0.0472 e. The van der Waals surface area contributed by atoms with Gasteiger partial charge in [-0.3, -0.25) is 0 Å². The summed E-state index contributed by atoms with van der Waals surface area (Å²) in [7, 11) is 2.28. The van der Waals surface area contributed by atoms with Crippen LogP contribution in [-0.4, -0.2) is 50.8 Å². The Kier molecular flexibility index (Phi) is 7.33. The van der Waals surface area contributed by atoms with Gasteiger partial charge in [-0.15, -0.1) is 0 Å². The van der Waals surface area contributed by atoms with Crippen LogP contribution >= 0.6 is 0 Å². The van der Waals surface area contributed by atoms with Crippen molar-refractivity contribution in [2.45, 2.75) is 53.0 Å². The Morgan fingerprint density at radius 1 is 1.21 bits per heavy atom. The van der Waals surface area contributed by atoms with Gasteiger partial charge in [-0.25, -0.2) is 0 Å². The topological polar surface area (TPSA) is 24.5 Å². The molecular formula is C16H34N2O. The average Bonchev–Trinajstić information content (AvgIpc) is 2.37. The molecule has 0 aromatic heterocycles. The summed E-state index contributed by atoms with van der Waals surface area (Å²) < 4.78 is 5.57. The van der Waals surface area contributed by atoms with Crippen molar-refractivity contribution in [3.63, 3.8) is 0 Å². The predicted octanol–water partition coefficient (Wildman–Crippen LogP) is 2.76. The van der Waals surface area contributed by atoms with E-state index >= 15 is 0 Å². The standard InChI is InChI=1S/C16H34N2O/c1-6-15(4)11-18(5)13-16(12-17-14(2)3)7-9-19-10-8-16/h14-15,17H,6-13H2,1-5H3. The Hall–Kier alpha value is -0.120. The van der Waals surface area contributed by atoms with Gasteiger partial charge in [-0.05, 0) is 31.2 Å². The van der Waals surface area contributed by atoms with Crippen molar-refractivity contribution in [2.24, 2.45) is 11.3 Å². The van der Waals surface area contributed by atoms with Crippen LogP contribution in [0.2, 0.25) is 0 Å². The van der Waals surface area contributed by atoms with Crippen LogP contribution in [0.3, 0.4) is 0 Å². The lowest BCUT2D eigenvalue weighted by Crippen LogP contribution is -2.48. The minimum absolute atomic E-state index is 0.407. The highest BCUT2D eigenvalue weighted by Gasteiger charge is 2.33. The minimum atomic E-state index is 0.407. The molecule has 0 saturated carbocycles. The Morgan fingerprint density at radius 2 is 1.84 bits per heavy atom. The average molecular weight is 270 g/mol. The third kappa shape index (κ3) is 6.24. The molecule has 19 heavy (non-hydrogen) atoms. The second kappa shape index (κ2) is 8.23. The van der Waals surface area contributed by atoms with Gasteiger partial charge in [0.2, 0.25) is 0 Å². The largest absolute Gasteiger partial charge is 0.381 e. The third-order valence-electron chi connectivity index (χ3n) is 4.36. The first-order valence-electron chi connectivity index (χ1n) is 7.97. The third-order valence-corrected chi connectivity index (χ3v) is 4.36. The van der Waals surface area contributed by atoms with E-state index in [4.69, 9.17) is 4.74 Å². The van der Waals surface area contributed by atoms with Crippen LogP contribution in [0, 0.1) is 11.3 Å². The van der Waals surface area contributed by atoms with Gasteiger partial charge in [0.1, 0.15) is 0 Å². The quantitative estimate of drug-likeness (QED) is 0.734. The van der Waals surface area contributed by atoms with Gasteiger partial charge in [-0.1, -0.05) is 34.1 Å². The van der Waals surface area contributed by atoms with Crippen molar-refractivity contribution in [3.8, 4) is 0 Å². The molecule has 0 radical (unpaired) electrons. The molecule has 3 nitrogen and oxygen atoms in total. The van der Waals surface area contributed by atoms with Crippen LogP contribution in [0.1, 0.15) is 47.0 Å². The van der Waals surface area contributed by atoms with Gasteiger partial charge in [0.05, 0.1) is 0 Å². The Labute approximate surface area is 120 Å². The second-order valence-corrected chi connectivity index (χ2v) is 6.86. The molecule has 1 aliphatic heterocycles. The molecule has 1 fully saturated rings. The van der Waals surface area contributed by atoms with Crippen LogP contribution in [-0.2, 0) is 4.74 Å².